The lowest BCUT2D eigenvalue weighted by Crippen LogP contribution is -2.33. The largest absolute Gasteiger partial charge is 0.385 e. The van der Waals surface area contributed by atoms with Crippen molar-refractivity contribution in [3.8, 4) is 0 Å². The highest BCUT2D eigenvalue weighted by atomic mass is 35.5. The molecule has 2 unspecified atom stereocenters. The van der Waals surface area contributed by atoms with Crippen LogP contribution in [0.2, 0.25) is 5.02 Å². The van der Waals surface area contributed by atoms with Crippen molar-refractivity contribution >= 4 is 38.2 Å². The Kier molecular flexibility index (Phi) is 4.66. The first-order chi connectivity index (χ1) is 14.6. The van der Waals surface area contributed by atoms with Crippen LogP contribution in [0.3, 0.4) is 0 Å². The molecule has 0 aliphatic heterocycles. The van der Waals surface area contributed by atoms with Crippen molar-refractivity contribution in [3.63, 3.8) is 0 Å². The van der Waals surface area contributed by atoms with E-state index in [1.165, 1.54) is 6.26 Å². The highest BCUT2D eigenvalue weighted by Crippen LogP contribution is 2.60. The molecule has 3 aromatic rings. The summed E-state index contributed by atoms with van der Waals surface area (Å²) >= 11 is 6.23. The summed E-state index contributed by atoms with van der Waals surface area (Å²) in [5.41, 5.74) is 1.59. The summed E-state index contributed by atoms with van der Waals surface area (Å²) in [6.45, 7) is 0. The number of nitrogens with one attached hydrogen (secondary N) is 2. The zero-order valence-corrected chi connectivity index (χ0v) is 18.4. The monoisotopic (exact) mass is 459 g/mol. The number of aromatic nitrogens is 2. The van der Waals surface area contributed by atoms with Crippen LogP contribution in [0.5, 0.6) is 0 Å². The number of halogens is 1. The van der Waals surface area contributed by atoms with Gasteiger partial charge in [0.15, 0.2) is 9.84 Å². The zero-order valence-electron chi connectivity index (χ0n) is 16.8. The van der Waals surface area contributed by atoms with E-state index in [4.69, 9.17) is 11.6 Å². The van der Waals surface area contributed by atoms with Crippen LogP contribution >= 0.6 is 11.6 Å². The molecule has 0 spiro atoms. The molecule has 2 aliphatic carbocycles. The van der Waals surface area contributed by atoms with E-state index in [0.29, 0.717) is 29.0 Å². The van der Waals surface area contributed by atoms with Gasteiger partial charge in [-0.3, -0.25) is 9.89 Å². The molecule has 2 saturated carbocycles. The first kappa shape index (κ1) is 20.5. The maximum atomic E-state index is 12.7. The summed E-state index contributed by atoms with van der Waals surface area (Å²) in [6, 6.07) is 10.3. The number of H-pyrrole nitrogens is 1. The summed E-state index contributed by atoms with van der Waals surface area (Å²) in [7, 11) is -3.17. The Hall–Kier alpha value is -2.42. The number of carbonyl (C=O) groups excluding carboxylic acids is 1. The third kappa shape index (κ3) is 3.84. The van der Waals surface area contributed by atoms with Gasteiger partial charge in [0.05, 0.1) is 23.1 Å². The van der Waals surface area contributed by atoms with Gasteiger partial charge in [-0.25, -0.2) is 8.42 Å². The van der Waals surface area contributed by atoms with E-state index in [9.17, 15) is 18.3 Å². The molecule has 31 heavy (non-hydrogen) atoms. The molecule has 1 amide bonds. The van der Waals surface area contributed by atoms with Gasteiger partial charge in [0.1, 0.15) is 0 Å². The molecule has 1 aromatic heterocycles. The molecule has 5 rings (SSSR count). The topological polar surface area (TPSA) is 112 Å². The van der Waals surface area contributed by atoms with Crippen LogP contribution in [0.15, 0.2) is 42.6 Å². The quantitative estimate of drug-likeness (QED) is 0.543. The van der Waals surface area contributed by atoms with E-state index in [1.54, 1.807) is 42.6 Å². The Morgan fingerprint density at radius 2 is 2.03 bits per heavy atom. The predicted molar refractivity (Wildman–Crippen MR) is 117 cm³/mol. The molecular formula is C22H22ClN3O4S. The molecule has 2 aliphatic rings. The SMILES string of the molecule is CS(=O)(=O)Cc1cccc(C(=O)NC2[C@H]3CC(O)(c4cc(Cl)cc5[nH]ncc45)C[C@@H]23)c1. The van der Waals surface area contributed by atoms with E-state index < -0.39 is 15.4 Å². The fourth-order valence-electron chi connectivity index (χ4n) is 5.04. The van der Waals surface area contributed by atoms with Crippen LogP contribution in [-0.4, -0.2) is 41.9 Å². The lowest BCUT2D eigenvalue weighted by atomic mass is 9.86. The van der Waals surface area contributed by atoms with Crippen molar-refractivity contribution < 1.29 is 18.3 Å². The number of sulfone groups is 1. The van der Waals surface area contributed by atoms with Crippen LogP contribution in [-0.2, 0) is 21.2 Å². The Labute approximate surface area is 184 Å². The number of aliphatic hydroxyl groups is 1. The van der Waals surface area contributed by atoms with Crippen LogP contribution in [0.1, 0.15) is 34.3 Å². The highest BCUT2D eigenvalue weighted by molar-refractivity contribution is 7.89. The molecule has 0 radical (unpaired) electrons. The predicted octanol–water partition coefficient (Wildman–Crippen LogP) is 2.79. The van der Waals surface area contributed by atoms with Crippen molar-refractivity contribution in [3.05, 3.63) is 64.3 Å². The Morgan fingerprint density at radius 1 is 1.29 bits per heavy atom. The average molecular weight is 460 g/mol. The molecule has 7 nitrogen and oxygen atoms in total. The number of amides is 1. The molecule has 0 bridgehead atoms. The Morgan fingerprint density at radius 3 is 2.74 bits per heavy atom. The minimum Gasteiger partial charge on any atom is -0.385 e. The second-order valence-corrected chi connectivity index (χ2v) is 11.4. The zero-order chi connectivity index (χ0) is 22.0. The summed E-state index contributed by atoms with van der Waals surface area (Å²) in [4.78, 5) is 12.7. The van der Waals surface area contributed by atoms with Crippen LogP contribution in [0, 0.1) is 11.8 Å². The van der Waals surface area contributed by atoms with E-state index >= 15 is 0 Å². The van der Waals surface area contributed by atoms with E-state index in [-0.39, 0.29) is 29.5 Å². The number of rotatable bonds is 5. The van der Waals surface area contributed by atoms with Crippen molar-refractivity contribution in [1.29, 1.82) is 0 Å². The van der Waals surface area contributed by atoms with Crippen molar-refractivity contribution in [2.75, 3.05) is 6.26 Å². The Bertz CT molecular complexity index is 1290. The molecule has 4 atom stereocenters. The van der Waals surface area contributed by atoms with Gasteiger partial charge in [0, 0.05) is 28.3 Å². The lowest BCUT2D eigenvalue weighted by Gasteiger charge is -2.27. The smallest absolute Gasteiger partial charge is 0.251 e. The van der Waals surface area contributed by atoms with Gasteiger partial charge in [-0.1, -0.05) is 23.7 Å². The fraction of sp³-hybridized carbons (Fsp3) is 0.364. The highest BCUT2D eigenvalue weighted by Gasteiger charge is 2.62. The molecule has 162 valence electrons. The van der Waals surface area contributed by atoms with E-state index in [1.807, 2.05) is 0 Å². The third-order valence-electron chi connectivity index (χ3n) is 6.42. The molecular weight excluding hydrogens is 438 g/mol. The number of aromatic amines is 1. The van der Waals surface area contributed by atoms with Crippen LogP contribution in [0.25, 0.3) is 10.9 Å². The molecule has 0 saturated heterocycles. The summed E-state index contributed by atoms with van der Waals surface area (Å²) in [5.74, 6) is 0.0549. The van der Waals surface area contributed by atoms with Gasteiger partial charge in [-0.05, 0) is 60.1 Å². The number of hydrogen-bond acceptors (Lipinski definition) is 5. The minimum absolute atomic E-state index is 0.00497. The summed E-state index contributed by atoms with van der Waals surface area (Å²) in [5, 5.41) is 22.8. The van der Waals surface area contributed by atoms with Gasteiger partial charge in [0.2, 0.25) is 0 Å². The fourth-order valence-corrected chi connectivity index (χ4v) is 6.04. The number of fused-ring (bicyclic) bond motifs is 2. The summed E-state index contributed by atoms with van der Waals surface area (Å²) < 4.78 is 23.1. The van der Waals surface area contributed by atoms with E-state index in [0.717, 1.165) is 16.5 Å². The second-order valence-electron chi connectivity index (χ2n) is 8.82. The number of benzene rings is 2. The van der Waals surface area contributed by atoms with Crippen molar-refractivity contribution in [1.82, 2.24) is 15.5 Å². The Balaban J connectivity index is 1.28. The first-order valence-corrected chi connectivity index (χ1v) is 12.5. The number of hydrogen-bond donors (Lipinski definition) is 3. The van der Waals surface area contributed by atoms with Crippen LogP contribution in [0.4, 0.5) is 0 Å². The van der Waals surface area contributed by atoms with Gasteiger partial charge in [-0.15, -0.1) is 0 Å². The number of nitrogens with zero attached hydrogens (tertiary/aromatic N) is 1. The van der Waals surface area contributed by atoms with Crippen LogP contribution < -0.4 is 5.32 Å². The molecule has 3 N–H and O–H groups in total. The number of carbonyl (C=O) groups is 1. The summed E-state index contributed by atoms with van der Waals surface area (Å²) in [6.07, 6.45) is 3.95. The minimum atomic E-state index is -3.17. The molecule has 9 heteroatoms. The van der Waals surface area contributed by atoms with Gasteiger partial charge < -0.3 is 10.4 Å². The van der Waals surface area contributed by atoms with E-state index in [2.05, 4.69) is 15.5 Å². The first-order valence-electron chi connectivity index (χ1n) is 10.1. The second kappa shape index (κ2) is 7.05. The molecule has 2 aromatic carbocycles. The van der Waals surface area contributed by atoms with Crippen molar-refractivity contribution in [2.24, 2.45) is 11.8 Å². The standard InChI is InChI=1S/C22H22ClN3O4S/c1-31(29,30)11-12-3-2-4-13(5-12)21(27)25-20-15-8-22(28,9-16(15)20)18-6-14(23)7-19-17(18)10-24-26-19/h2-7,10,15-16,20,28H,8-9,11H2,1H3,(H,24,26)(H,25,27)/t15-,16+,20?,22?. The maximum absolute atomic E-state index is 12.7. The van der Waals surface area contributed by atoms with Gasteiger partial charge in [0.25, 0.3) is 5.91 Å². The third-order valence-corrected chi connectivity index (χ3v) is 7.49. The molecule has 2 fully saturated rings. The van der Waals surface area contributed by atoms with Gasteiger partial charge >= 0.3 is 0 Å². The lowest BCUT2D eigenvalue weighted by molar-refractivity contribution is 0.0293. The normalized spacial score (nSPS) is 27.3. The maximum Gasteiger partial charge on any atom is 0.251 e. The van der Waals surface area contributed by atoms with Crippen molar-refractivity contribution in [2.45, 2.75) is 30.2 Å². The molecule has 1 heterocycles. The average Bonchev–Trinajstić information content (AvgIpc) is 3.04. The van der Waals surface area contributed by atoms with Gasteiger partial charge in [-0.2, -0.15) is 5.10 Å².